The van der Waals surface area contributed by atoms with Crippen molar-refractivity contribution in [2.24, 2.45) is 0 Å². The zero-order valence-corrected chi connectivity index (χ0v) is 16.2. The van der Waals surface area contributed by atoms with Gasteiger partial charge in [-0.3, -0.25) is 0 Å². The molecular formula is C23H22F3NO3. The van der Waals surface area contributed by atoms with Crippen molar-refractivity contribution in [2.75, 3.05) is 6.54 Å². The molecule has 4 rings (SSSR count). The van der Waals surface area contributed by atoms with Crippen LogP contribution >= 0.6 is 0 Å². The largest absolute Gasteiger partial charge is 0.478 e. The van der Waals surface area contributed by atoms with Crippen molar-refractivity contribution < 1.29 is 28.2 Å². The Hall–Kier alpha value is -2.64. The van der Waals surface area contributed by atoms with E-state index in [0.29, 0.717) is 28.1 Å². The lowest BCUT2D eigenvalue weighted by Crippen LogP contribution is -2.35. The van der Waals surface area contributed by atoms with Crippen molar-refractivity contribution >= 4 is 27.5 Å². The number of carboxylic acids is 1. The number of aromatic carboxylic acids is 1. The molecule has 1 aliphatic heterocycles. The van der Waals surface area contributed by atoms with E-state index in [1.165, 1.54) is 18.2 Å². The highest BCUT2D eigenvalue weighted by atomic mass is 19.4. The van der Waals surface area contributed by atoms with Gasteiger partial charge in [0.2, 0.25) is 0 Å². The number of halogens is 3. The lowest BCUT2D eigenvalue weighted by Gasteiger charge is -2.26. The fraction of sp³-hybridized carbons (Fsp3) is 0.348. The average molecular weight is 417 g/mol. The number of carboxylic acid groups (broad SMARTS) is 1. The first kappa shape index (κ1) is 20.6. The third-order valence-electron chi connectivity index (χ3n) is 5.84. The normalized spacial score (nSPS) is 18.6. The Balaban J connectivity index is 1.89. The number of aliphatic hydroxyl groups is 1. The summed E-state index contributed by atoms with van der Waals surface area (Å²) < 4.78 is 40.0. The van der Waals surface area contributed by atoms with Crippen LogP contribution in [0.1, 0.15) is 53.3 Å². The molecule has 1 aliphatic rings. The van der Waals surface area contributed by atoms with Crippen LogP contribution in [0.2, 0.25) is 0 Å². The van der Waals surface area contributed by atoms with Crippen LogP contribution in [-0.2, 0) is 6.18 Å². The minimum Gasteiger partial charge on any atom is -0.478 e. The maximum Gasteiger partial charge on any atom is 0.416 e. The Morgan fingerprint density at radius 1 is 1.07 bits per heavy atom. The number of fused-ring (bicyclic) bond motifs is 3. The van der Waals surface area contributed by atoms with Crippen molar-refractivity contribution in [3.8, 4) is 0 Å². The number of nitrogens with one attached hydrogen (secondary N) is 1. The van der Waals surface area contributed by atoms with E-state index in [4.69, 9.17) is 0 Å². The van der Waals surface area contributed by atoms with Crippen LogP contribution in [-0.4, -0.2) is 28.8 Å². The Morgan fingerprint density at radius 3 is 2.53 bits per heavy atom. The number of rotatable bonds is 4. The van der Waals surface area contributed by atoms with Gasteiger partial charge in [-0.25, -0.2) is 4.79 Å². The summed E-state index contributed by atoms with van der Waals surface area (Å²) in [6, 6.07) is 9.71. The summed E-state index contributed by atoms with van der Waals surface area (Å²) in [6.07, 6.45) is -1.78. The van der Waals surface area contributed by atoms with Crippen LogP contribution in [0.25, 0.3) is 21.5 Å². The molecule has 3 N–H and O–H groups in total. The summed E-state index contributed by atoms with van der Waals surface area (Å²) in [7, 11) is 0. The van der Waals surface area contributed by atoms with Crippen molar-refractivity contribution in [2.45, 2.75) is 44.0 Å². The van der Waals surface area contributed by atoms with Gasteiger partial charge in [-0.05, 0) is 83.2 Å². The molecule has 0 radical (unpaired) electrons. The van der Waals surface area contributed by atoms with Gasteiger partial charge < -0.3 is 15.5 Å². The molecular weight excluding hydrogens is 395 g/mol. The van der Waals surface area contributed by atoms with Crippen LogP contribution in [0.3, 0.4) is 0 Å². The maximum absolute atomic E-state index is 13.3. The summed E-state index contributed by atoms with van der Waals surface area (Å²) in [5.74, 6) is -1.15. The van der Waals surface area contributed by atoms with Crippen molar-refractivity contribution in [3.63, 3.8) is 0 Å². The number of alkyl halides is 3. The van der Waals surface area contributed by atoms with Gasteiger partial charge in [-0.15, -0.1) is 0 Å². The smallest absolute Gasteiger partial charge is 0.416 e. The Bertz CT molecular complexity index is 1100. The Kier molecular flexibility index (Phi) is 5.42. The molecule has 158 valence electrons. The SMILES string of the molecule is O=C(O)c1ccc2cc(C(O)CC3CCCCN3)c3ccc(C(F)(F)F)cc3c2c1. The van der Waals surface area contributed by atoms with Gasteiger partial charge in [-0.1, -0.05) is 18.6 Å². The van der Waals surface area contributed by atoms with Crippen LogP contribution in [0, 0.1) is 0 Å². The van der Waals surface area contributed by atoms with Crippen molar-refractivity contribution in [1.82, 2.24) is 5.32 Å². The molecule has 0 aromatic heterocycles. The van der Waals surface area contributed by atoms with Crippen LogP contribution in [0.4, 0.5) is 13.2 Å². The van der Waals surface area contributed by atoms with Crippen LogP contribution < -0.4 is 5.32 Å². The quantitative estimate of drug-likeness (QED) is 0.506. The van der Waals surface area contributed by atoms with E-state index in [0.717, 1.165) is 37.9 Å². The van der Waals surface area contributed by atoms with Gasteiger partial charge in [0, 0.05) is 6.04 Å². The first-order valence-corrected chi connectivity index (χ1v) is 9.96. The molecule has 0 saturated carbocycles. The molecule has 1 saturated heterocycles. The zero-order valence-electron chi connectivity index (χ0n) is 16.2. The van der Waals surface area contributed by atoms with Gasteiger partial charge >= 0.3 is 12.1 Å². The minimum absolute atomic E-state index is 0.000848. The molecule has 0 bridgehead atoms. The van der Waals surface area contributed by atoms with Crippen molar-refractivity contribution in [1.29, 1.82) is 0 Å². The molecule has 1 fully saturated rings. The summed E-state index contributed by atoms with van der Waals surface area (Å²) >= 11 is 0. The number of hydrogen-bond acceptors (Lipinski definition) is 3. The lowest BCUT2D eigenvalue weighted by molar-refractivity contribution is -0.137. The zero-order chi connectivity index (χ0) is 21.5. The third kappa shape index (κ3) is 4.00. The Labute approximate surface area is 171 Å². The molecule has 0 amide bonds. The summed E-state index contributed by atoms with van der Waals surface area (Å²) in [5.41, 5.74) is -0.250. The van der Waals surface area contributed by atoms with E-state index in [-0.39, 0.29) is 17.0 Å². The van der Waals surface area contributed by atoms with Crippen LogP contribution in [0.15, 0.2) is 42.5 Å². The maximum atomic E-state index is 13.3. The van der Waals surface area contributed by atoms with E-state index >= 15 is 0 Å². The van der Waals surface area contributed by atoms with Gasteiger partial charge in [0.25, 0.3) is 0 Å². The van der Waals surface area contributed by atoms with Crippen molar-refractivity contribution in [3.05, 3.63) is 59.2 Å². The number of aliphatic hydroxyl groups excluding tert-OH is 1. The summed E-state index contributed by atoms with van der Waals surface area (Å²) in [4.78, 5) is 11.4. The second-order valence-electron chi connectivity index (χ2n) is 7.86. The summed E-state index contributed by atoms with van der Waals surface area (Å²) in [5, 5.41) is 25.4. The van der Waals surface area contributed by atoms with Gasteiger partial charge in [0.05, 0.1) is 17.2 Å². The molecule has 1 heterocycles. The molecule has 0 spiro atoms. The van der Waals surface area contributed by atoms with Crippen LogP contribution in [0.5, 0.6) is 0 Å². The first-order chi connectivity index (χ1) is 14.2. The number of piperidine rings is 1. The minimum atomic E-state index is -4.52. The third-order valence-corrected chi connectivity index (χ3v) is 5.84. The average Bonchev–Trinajstić information content (AvgIpc) is 2.72. The standard InChI is InChI=1S/C23H22F3NO3/c24-23(25,26)15-6-7-17-19(11-15)18-10-14(22(29)30)5-4-13(18)9-20(17)21(28)12-16-3-1-2-8-27-16/h4-7,9-11,16,21,27-28H,1-3,8,12H2,(H,29,30). The van der Waals surface area contributed by atoms with E-state index < -0.39 is 23.8 Å². The van der Waals surface area contributed by atoms with E-state index in [9.17, 15) is 28.2 Å². The lowest BCUT2D eigenvalue weighted by atomic mass is 9.89. The fourth-order valence-electron chi connectivity index (χ4n) is 4.29. The highest BCUT2D eigenvalue weighted by Gasteiger charge is 2.31. The second kappa shape index (κ2) is 7.89. The predicted octanol–water partition coefficient (Wildman–Crippen LogP) is 5.28. The molecule has 2 atom stereocenters. The highest BCUT2D eigenvalue weighted by Crippen LogP contribution is 2.38. The predicted molar refractivity (Wildman–Crippen MR) is 109 cm³/mol. The number of hydrogen-bond donors (Lipinski definition) is 3. The first-order valence-electron chi connectivity index (χ1n) is 9.96. The molecule has 2 unspecified atom stereocenters. The molecule has 4 nitrogen and oxygen atoms in total. The van der Waals surface area contributed by atoms with Gasteiger partial charge in [0.1, 0.15) is 0 Å². The highest BCUT2D eigenvalue weighted by molar-refractivity contribution is 6.11. The van der Waals surface area contributed by atoms with Gasteiger partial charge in [-0.2, -0.15) is 13.2 Å². The monoisotopic (exact) mass is 417 g/mol. The Morgan fingerprint density at radius 2 is 1.87 bits per heavy atom. The second-order valence-corrected chi connectivity index (χ2v) is 7.86. The number of carbonyl (C=O) groups is 1. The molecule has 0 aliphatic carbocycles. The fourth-order valence-corrected chi connectivity index (χ4v) is 4.29. The molecule has 3 aromatic carbocycles. The summed E-state index contributed by atoms with van der Waals surface area (Å²) in [6.45, 7) is 0.892. The van der Waals surface area contributed by atoms with E-state index in [1.54, 1.807) is 12.1 Å². The van der Waals surface area contributed by atoms with Gasteiger partial charge in [0.15, 0.2) is 0 Å². The van der Waals surface area contributed by atoms with E-state index in [1.807, 2.05) is 0 Å². The molecule has 7 heteroatoms. The molecule has 30 heavy (non-hydrogen) atoms. The van der Waals surface area contributed by atoms with E-state index in [2.05, 4.69) is 5.32 Å². The molecule has 3 aromatic rings. The number of benzene rings is 3. The topological polar surface area (TPSA) is 69.6 Å².